The van der Waals surface area contributed by atoms with Crippen molar-refractivity contribution < 1.29 is 0 Å². The Morgan fingerprint density at radius 3 is 2.29 bits per heavy atom. The number of aryl methyl sites for hydroxylation is 1. The molecule has 2 aromatic rings. The topological polar surface area (TPSA) is 26.0 Å². The number of nitrogens with two attached hydrogens (primary N) is 1. The predicted molar refractivity (Wildman–Crippen MR) is 76.3 cm³/mol. The molecule has 0 unspecified atom stereocenters. The molecule has 0 bridgehead atoms. The molecule has 17 heavy (non-hydrogen) atoms. The number of thiophene rings is 1. The van der Waals surface area contributed by atoms with Crippen LogP contribution in [0.1, 0.15) is 31.9 Å². The van der Waals surface area contributed by atoms with E-state index in [0.29, 0.717) is 0 Å². The van der Waals surface area contributed by atoms with E-state index in [0.717, 1.165) is 6.42 Å². The monoisotopic (exact) mass is 245 g/mol. The van der Waals surface area contributed by atoms with E-state index < -0.39 is 0 Å². The molecule has 0 fully saturated rings. The van der Waals surface area contributed by atoms with Gasteiger partial charge in [-0.25, -0.2) is 0 Å². The fourth-order valence-electron chi connectivity index (χ4n) is 1.73. The molecular formula is C15H19NS. The number of hydrogen-bond donors (Lipinski definition) is 1. The molecule has 0 saturated heterocycles. The summed E-state index contributed by atoms with van der Waals surface area (Å²) >= 11 is 1.76. The molecule has 1 heterocycles. The van der Waals surface area contributed by atoms with Crippen LogP contribution >= 0.6 is 11.3 Å². The zero-order valence-electron chi connectivity index (χ0n) is 10.7. The second-order valence-electron chi connectivity index (χ2n) is 4.97. The second-order valence-corrected chi connectivity index (χ2v) is 5.88. The largest absolute Gasteiger partial charge is 0.322 e. The molecule has 0 spiro atoms. The van der Waals surface area contributed by atoms with Gasteiger partial charge in [-0.15, -0.1) is 11.3 Å². The van der Waals surface area contributed by atoms with Crippen LogP contribution in [0.15, 0.2) is 35.7 Å². The lowest BCUT2D eigenvalue weighted by Crippen LogP contribution is -2.27. The molecule has 2 N–H and O–H groups in total. The Bertz CT molecular complexity index is 488. The molecule has 0 radical (unpaired) electrons. The Balaban J connectivity index is 2.30. The summed E-state index contributed by atoms with van der Waals surface area (Å²) in [5.41, 5.74) is 9.71. The Morgan fingerprint density at radius 1 is 1.18 bits per heavy atom. The molecule has 1 aromatic heterocycles. The first-order chi connectivity index (χ1) is 8.00. The first-order valence-corrected chi connectivity index (χ1v) is 6.86. The molecule has 0 atom stereocenters. The lowest BCUT2D eigenvalue weighted by Gasteiger charge is -2.16. The molecule has 0 aliphatic heterocycles. The van der Waals surface area contributed by atoms with Gasteiger partial charge in [-0.05, 0) is 48.4 Å². The van der Waals surface area contributed by atoms with Gasteiger partial charge in [-0.3, -0.25) is 0 Å². The molecule has 1 nitrogen and oxygen atoms in total. The van der Waals surface area contributed by atoms with E-state index >= 15 is 0 Å². The number of rotatable bonds is 3. The maximum Gasteiger partial charge on any atom is 0.0360 e. The normalized spacial score (nSPS) is 11.8. The van der Waals surface area contributed by atoms with Crippen LogP contribution in [-0.2, 0) is 12.0 Å². The summed E-state index contributed by atoms with van der Waals surface area (Å²) in [4.78, 5) is 1.29. The van der Waals surface area contributed by atoms with Crippen LogP contribution in [0.3, 0.4) is 0 Å². The van der Waals surface area contributed by atoms with Gasteiger partial charge >= 0.3 is 0 Å². The van der Waals surface area contributed by atoms with E-state index in [-0.39, 0.29) is 5.54 Å². The minimum absolute atomic E-state index is 0.252. The van der Waals surface area contributed by atoms with Gasteiger partial charge in [-0.1, -0.05) is 31.2 Å². The standard InChI is InChI=1S/C15H19NS/c1-4-11-5-7-12(8-6-11)14-9-13(10-17-14)15(2,3)16/h5-10H,4,16H2,1-3H3. The van der Waals surface area contributed by atoms with E-state index in [9.17, 15) is 0 Å². The van der Waals surface area contributed by atoms with Gasteiger partial charge in [-0.2, -0.15) is 0 Å². The summed E-state index contributed by atoms with van der Waals surface area (Å²) in [6.07, 6.45) is 1.09. The van der Waals surface area contributed by atoms with Gasteiger partial charge in [0.25, 0.3) is 0 Å². The molecule has 0 saturated carbocycles. The molecule has 2 rings (SSSR count). The van der Waals surface area contributed by atoms with Crippen LogP contribution in [0.2, 0.25) is 0 Å². The van der Waals surface area contributed by atoms with E-state index in [1.807, 2.05) is 13.8 Å². The Morgan fingerprint density at radius 2 is 1.82 bits per heavy atom. The molecular weight excluding hydrogens is 226 g/mol. The van der Waals surface area contributed by atoms with Crippen molar-refractivity contribution in [3.05, 3.63) is 46.8 Å². The van der Waals surface area contributed by atoms with Crippen molar-refractivity contribution in [3.63, 3.8) is 0 Å². The van der Waals surface area contributed by atoms with Crippen LogP contribution in [0.25, 0.3) is 10.4 Å². The highest BCUT2D eigenvalue weighted by Crippen LogP contribution is 2.31. The van der Waals surface area contributed by atoms with Gasteiger partial charge < -0.3 is 5.73 Å². The van der Waals surface area contributed by atoms with E-state index in [1.54, 1.807) is 11.3 Å². The van der Waals surface area contributed by atoms with Crippen molar-refractivity contribution in [2.75, 3.05) is 0 Å². The number of benzene rings is 1. The quantitative estimate of drug-likeness (QED) is 0.863. The van der Waals surface area contributed by atoms with Gasteiger partial charge in [0.15, 0.2) is 0 Å². The van der Waals surface area contributed by atoms with Crippen molar-refractivity contribution in [2.45, 2.75) is 32.7 Å². The van der Waals surface area contributed by atoms with E-state index in [2.05, 4.69) is 42.6 Å². The summed E-state index contributed by atoms with van der Waals surface area (Å²) in [7, 11) is 0. The highest BCUT2D eigenvalue weighted by molar-refractivity contribution is 7.13. The van der Waals surface area contributed by atoms with Crippen LogP contribution in [0.4, 0.5) is 0 Å². The van der Waals surface area contributed by atoms with E-state index in [4.69, 9.17) is 5.73 Å². The zero-order chi connectivity index (χ0) is 12.5. The van der Waals surface area contributed by atoms with Crippen molar-refractivity contribution in [3.8, 4) is 10.4 Å². The average molecular weight is 245 g/mol. The number of hydrogen-bond acceptors (Lipinski definition) is 2. The third kappa shape index (κ3) is 2.76. The Hall–Kier alpha value is -1.12. The van der Waals surface area contributed by atoms with Gasteiger partial charge in [0.2, 0.25) is 0 Å². The van der Waals surface area contributed by atoms with Gasteiger partial charge in [0.05, 0.1) is 0 Å². The summed E-state index contributed by atoms with van der Waals surface area (Å²) in [5, 5.41) is 2.16. The molecule has 2 heteroatoms. The Labute approximate surface area is 107 Å². The third-order valence-electron chi connectivity index (χ3n) is 2.99. The fourth-order valence-corrected chi connectivity index (χ4v) is 2.82. The molecule has 90 valence electrons. The van der Waals surface area contributed by atoms with Crippen LogP contribution in [-0.4, -0.2) is 0 Å². The summed E-state index contributed by atoms with van der Waals surface area (Å²) in [5.74, 6) is 0. The van der Waals surface area contributed by atoms with Crippen LogP contribution in [0.5, 0.6) is 0 Å². The first kappa shape index (κ1) is 12.3. The average Bonchev–Trinajstić information content (AvgIpc) is 2.78. The third-order valence-corrected chi connectivity index (χ3v) is 3.97. The molecule has 0 aliphatic rings. The smallest absolute Gasteiger partial charge is 0.0360 e. The maximum absolute atomic E-state index is 6.10. The minimum atomic E-state index is -0.252. The summed E-state index contributed by atoms with van der Waals surface area (Å²) in [6, 6.07) is 11.0. The maximum atomic E-state index is 6.10. The van der Waals surface area contributed by atoms with Crippen LogP contribution in [0, 0.1) is 0 Å². The lowest BCUT2D eigenvalue weighted by atomic mass is 9.98. The minimum Gasteiger partial charge on any atom is -0.322 e. The molecule has 1 aromatic carbocycles. The van der Waals surface area contributed by atoms with Gasteiger partial charge in [0.1, 0.15) is 0 Å². The predicted octanol–water partition coefficient (Wildman–Crippen LogP) is 4.17. The van der Waals surface area contributed by atoms with E-state index in [1.165, 1.54) is 21.6 Å². The van der Waals surface area contributed by atoms with Crippen molar-refractivity contribution in [1.82, 2.24) is 0 Å². The first-order valence-electron chi connectivity index (χ1n) is 5.98. The van der Waals surface area contributed by atoms with Crippen LogP contribution < -0.4 is 5.73 Å². The SMILES string of the molecule is CCc1ccc(-c2cc(C(C)(C)N)cs2)cc1. The highest BCUT2D eigenvalue weighted by Gasteiger charge is 2.16. The molecule has 0 amide bonds. The van der Waals surface area contributed by atoms with Gasteiger partial charge in [0, 0.05) is 10.4 Å². The fraction of sp³-hybridized carbons (Fsp3) is 0.333. The molecule has 0 aliphatic carbocycles. The zero-order valence-corrected chi connectivity index (χ0v) is 11.5. The lowest BCUT2D eigenvalue weighted by molar-refractivity contribution is 0.557. The summed E-state index contributed by atoms with van der Waals surface area (Å²) < 4.78 is 0. The summed E-state index contributed by atoms with van der Waals surface area (Å²) in [6.45, 7) is 6.26. The van der Waals surface area contributed by atoms with Crippen molar-refractivity contribution in [2.24, 2.45) is 5.73 Å². The highest BCUT2D eigenvalue weighted by atomic mass is 32.1. The van der Waals surface area contributed by atoms with Crippen molar-refractivity contribution >= 4 is 11.3 Å². The van der Waals surface area contributed by atoms with Crippen molar-refractivity contribution in [1.29, 1.82) is 0 Å². The second kappa shape index (κ2) is 4.63. The Kier molecular flexibility index (Phi) is 3.36.